The third-order valence-corrected chi connectivity index (χ3v) is 3.81. The molecule has 1 heterocycles. The molecular formula is C16H19N3OS. The molecular weight excluding hydrogens is 282 g/mol. The highest BCUT2D eigenvalue weighted by molar-refractivity contribution is 7.99. The minimum atomic E-state index is -0.218. The van der Waals surface area contributed by atoms with Crippen molar-refractivity contribution in [2.45, 2.75) is 24.8 Å². The van der Waals surface area contributed by atoms with Crippen LogP contribution in [0.5, 0.6) is 0 Å². The highest BCUT2D eigenvalue weighted by Crippen LogP contribution is 2.21. The molecule has 0 aliphatic carbocycles. The maximum atomic E-state index is 12.0. The van der Waals surface area contributed by atoms with Crippen molar-refractivity contribution >= 4 is 23.5 Å². The van der Waals surface area contributed by atoms with Gasteiger partial charge in [0.15, 0.2) is 0 Å². The first-order valence-corrected chi connectivity index (χ1v) is 7.88. The van der Waals surface area contributed by atoms with Crippen LogP contribution in [0.3, 0.4) is 0 Å². The fourth-order valence-corrected chi connectivity index (χ4v) is 2.63. The molecule has 0 bridgehead atoms. The molecule has 21 heavy (non-hydrogen) atoms. The number of rotatable bonds is 5. The topological polar surface area (TPSA) is 54.0 Å². The van der Waals surface area contributed by atoms with E-state index in [-0.39, 0.29) is 12.1 Å². The molecule has 0 spiro atoms. The Hall–Kier alpha value is -2.01. The standard InChI is InChI=1S/C16H19N3OS/c1-3-21-15-8-4-7-14(10-15)19-16(20)18-12(2)13-6-5-9-17-11-13/h4-12H,3H2,1-2H3,(H2,18,19,20). The Morgan fingerprint density at radius 1 is 1.33 bits per heavy atom. The molecule has 1 unspecified atom stereocenters. The summed E-state index contributed by atoms with van der Waals surface area (Å²) in [6.07, 6.45) is 3.47. The first-order chi connectivity index (χ1) is 10.2. The molecule has 5 heteroatoms. The van der Waals surface area contributed by atoms with E-state index in [2.05, 4.69) is 22.5 Å². The molecule has 4 nitrogen and oxygen atoms in total. The Morgan fingerprint density at radius 3 is 2.90 bits per heavy atom. The van der Waals surface area contributed by atoms with Gasteiger partial charge in [-0.1, -0.05) is 19.1 Å². The van der Waals surface area contributed by atoms with Crippen LogP contribution in [-0.4, -0.2) is 16.8 Å². The number of carbonyl (C=O) groups is 1. The van der Waals surface area contributed by atoms with Crippen molar-refractivity contribution < 1.29 is 4.79 Å². The number of carbonyl (C=O) groups excluding carboxylic acids is 1. The van der Waals surface area contributed by atoms with Crippen LogP contribution in [-0.2, 0) is 0 Å². The van der Waals surface area contributed by atoms with Crippen LogP contribution < -0.4 is 10.6 Å². The minimum absolute atomic E-state index is 0.0908. The second-order valence-electron chi connectivity index (χ2n) is 4.57. The van der Waals surface area contributed by atoms with Gasteiger partial charge in [0.1, 0.15) is 0 Å². The summed E-state index contributed by atoms with van der Waals surface area (Å²) in [7, 11) is 0. The van der Waals surface area contributed by atoms with Gasteiger partial charge in [-0.2, -0.15) is 0 Å². The van der Waals surface area contributed by atoms with E-state index in [1.165, 1.54) is 0 Å². The van der Waals surface area contributed by atoms with Crippen molar-refractivity contribution in [2.75, 3.05) is 11.1 Å². The van der Waals surface area contributed by atoms with Gasteiger partial charge in [0.2, 0.25) is 0 Å². The Kier molecular flexibility index (Phi) is 5.63. The molecule has 2 rings (SSSR count). The van der Waals surface area contributed by atoms with Crippen LogP contribution in [0.2, 0.25) is 0 Å². The van der Waals surface area contributed by atoms with E-state index in [0.29, 0.717) is 0 Å². The number of hydrogen-bond donors (Lipinski definition) is 2. The van der Waals surface area contributed by atoms with Crippen LogP contribution in [0.25, 0.3) is 0 Å². The summed E-state index contributed by atoms with van der Waals surface area (Å²) in [6, 6.07) is 11.3. The van der Waals surface area contributed by atoms with Gasteiger partial charge in [-0.3, -0.25) is 4.98 Å². The van der Waals surface area contributed by atoms with Crippen molar-refractivity contribution in [3.63, 3.8) is 0 Å². The smallest absolute Gasteiger partial charge is 0.319 e. The summed E-state index contributed by atoms with van der Waals surface area (Å²) in [5.74, 6) is 1.01. The highest BCUT2D eigenvalue weighted by atomic mass is 32.2. The van der Waals surface area contributed by atoms with E-state index in [9.17, 15) is 4.79 Å². The molecule has 0 aliphatic rings. The highest BCUT2D eigenvalue weighted by Gasteiger charge is 2.09. The molecule has 0 saturated heterocycles. The number of nitrogens with one attached hydrogen (secondary N) is 2. The van der Waals surface area contributed by atoms with Crippen molar-refractivity contribution in [1.82, 2.24) is 10.3 Å². The van der Waals surface area contributed by atoms with Gasteiger partial charge < -0.3 is 10.6 Å². The number of thioether (sulfide) groups is 1. The van der Waals surface area contributed by atoms with Gasteiger partial charge in [-0.15, -0.1) is 11.8 Å². The molecule has 0 radical (unpaired) electrons. The SMILES string of the molecule is CCSc1cccc(NC(=O)NC(C)c2cccnc2)c1. The molecule has 2 N–H and O–H groups in total. The maximum absolute atomic E-state index is 12.0. The molecule has 110 valence electrons. The zero-order chi connectivity index (χ0) is 15.1. The van der Waals surface area contributed by atoms with Gasteiger partial charge in [0.25, 0.3) is 0 Å². The molecule has 0 saturated carbocycles. The fraction of sp³-hybridized carbons (Fsp3) is 0.250. The van der Waals surface area contributed by atoms with Crippen LogP contribution in [0.1, 0.15) is 25.5 Å². The van der Waals surface area contributed by atoms with Crippen LogP contribution >= 0.6 is 11.8 Å². The van der Waals surface area contributed by atoms with E-state index < -0.39 is 0 Å². The van der Waals surface area contributed by atoms with Gasteiger partial charge in [0, 0.05) is 23.0 Å². The third-order valence-electron chi connectivity index (χ3n) is 2.93. The summed E-state index contributed by atoms with van der Waals surface area (Å²) in [5.41, 5.74) is 1.77. The Bertz CT molecular complexity index is 589. The second kappa shape index (κ2) is 7.69. The lowest BCUT2D eigenvalue weighted by molar-refractivity contribution is 0.249. The molecule has 1 atom stereocenters. The number of benzene rings is 1. The van der Waals surface area contributed by atoms with Gasteiger partial charge >= 0.3 is 6.03 Å². The first-order valence-electron chi connectivity index (χ1n) is 6.89. The number of aromatic nitrogens is 1. The summed E-state index contributed by atoms with van der Waals surface area (Å²) >= 11 is 1.75. The molecule has 0 aliphatic heterocycles. The number of hydrogen-bond acceptors (Lipinski definition) is 3. The monoisotopic (exact) mass is 301 g/mol. The summed E-state index contributed by atoms with van der Waals surface area (Å²) < 4.78 is 0. The number of amides is 2. The summed E-state index contributed by atoms with van der Waals surface area (Å²) in [6.45, 7) is 4.03. The summed E-state index contributed by atoms with van der Waals surface area (Å²) in [5, 5.41) is 5.76. The van der Waals surface area contributed by atoms with E-state index in [1.54, 1.807) is 24.2 Å². The van der Waals surface area contributed by atoms with E-state index in [0.717, 1.165) is 21.9 Å². The average molecular weight is 301 g/mol. The molecule has 1 aromatic heterocycles. The number of anilines is 1. The first kappa shape index (κ1) is 15.4. The predicted molar refractivity (Wildman–Crippen MR) is 87.6 cm³/mol. The predicted octanol–water partition coefficient (Wildman–Crippen LogP) is 4.08. The Morgan fingerprint density at radius 2 is 2.19 bits per heavy atom. The molecule has 1 aromatic carbocycles. The zero-order valence-corrected chi connectivity index (χ0v) is 13.0. The lowest BCUT2D eigenvalue weighted by Crippen LogP contribution is -2.31. The van der Waals surface area contributed by atoms with E-state index >= 15 is 0 Å². The fourth-order valence-electron chi connectivity index (χ4n) is 1.91. The zero-order valence-electron chi connectivity index (χ0n) is 12.2. The normalized spacial score (nSPS) is 11.7. The lowest BCUT2D eigenvalue weighted by atomic mass is 10.1. The van der Waals surface area contributed by atoms with E-state index in [4.69, 9.17) is 0 Å². The average Bonchev–Trinajstić information content (AvgIpc) is 2.48. The van der Waals surface area contributed by atoms with Crippen LogP contribution in [0.4, 0.5) is 10.5 Å². The number of pyridine rings is 1. The largest absolute Gasteiger partial charge is 0.331 e. The second-order valence-corrected chi connectivity index (χ2v) is 5.90. The van der Waals surface area contributed by atoms with Gasteiger partial charge in [-0.25, -0.2) is 4.79 Å². The number of urea groups is 1. The lowest BCUT2D eigenvalue weighted by Gasteiger charge is -2.15. The quantitative estimate of drug-likeness (QED) is 0.818. The molecule has 2 aromatic rings. The Labute approximate surface area is 129 Å². The van der Waals surface area contributed by atoms with Crippen LogP contribution in [0, 0.1) is 0 Å². The molecule has 2 amide bonds. The van der Waals surface area contributed by atoms with Crippen molar-refractivity contribution in [3.8, 4) is 0 Å². The van der Waals surface area contributed by atoms with Gasteiger partial charge in [-0.05, 0) is 42.5 Å². The van der Waals surface area contributed by atoms with Gasteiger partial charge in [0.05, 0.1) is 6.04 Å². The van der Waals surface area contributed by atoms with E-state index in [1.807, 2.05) is 43.3 Å². The van der Waals surface area contributed by atoms with Crippen molar-refractivity contribution in [2.24, 2.45) is 0 Å². The Balaban J connectivity index is 1.94. The maximum Gasteiger partial charge on any atom is 0.319 e. The minimum Gasteiger partial charge on any atom is -0.331 e. The number of nitrogens with zero attached hydrogens (tertiary/aromatic N) is 1. The van der Waals surface area contributed by atoms with Crippen molar-refractivity contribution in [3.05, 3.63) is 54.4 Å². The molecule has 0 fully saturated rings. The van der Waals surface area contributed by atoms with Crippen LogP contribution in [0.15, 0.2) is 53.7 Å². The van der Waals surface area contributed by atoms with Crippen molar-refractivity contribution in [1.29, 1.82) is 0 Å². The summed E-state index contributed by atoms with van der Waals surface area (Å²) in [4.78, 5) is 17.2. The third kappa shape index (κ3) is 4.79.